The van der Waals surface area contributed by atoms with Gasteiger partial charge in [-0.25, -0.2) is 4.39 Å². The fraction of sp³-hybridized carbons (Fsp3) is 0.429. The molecule has 1 aromatic heterocycles. The van der Waals surface area contributed by atoms with Gasteiger partial charge in [0.1, 0.15) is 5.82 Å². The molecule has 1 atom stereocenters. The van der Waals surface area contributed by atoms with Crippen molar-refractivity contribution < 1.29 is 8.91 Å². The molecule has 0 aliphatic carbocycles. The van der Waals surface area contributed by atoms with E-state index in [9.17, 15) is 4.39 Å². The van der Waals surface area contributed by atoms with E-state index in [1.807, 2.05) is 0 Å². The lowest BCUT2D eigenvalue weighted by molar-refractivity contribution is 0.252. The smallest absolute Gasteiger partial charge is 0.229 e. The van der Waals surface area contributed by atoms with Crippen LogP contribution in [0.15, 0.2) is 28.8 Å². The van der Waals surface area contributed by atoms with Gasteiger partial charge in [0, 0.05) is 12.3 Å². The maximum Gasteiger partial charge on any atom is 0.229 e. The second-order valence-electron chi connectivity index (χ2n) is 5.06. The van der Waals surface area contributed by atoms with Crippen molar-refractivity contribution in [3.05, 3.63) is 47.4 Å². The fourth-order valence-corrected chi connectivity index (χ4v) is 2.18. The summed E-state index contributed by atoms with van der Waals surface area (Å²) < 4.78 is 18.1. The molecule has 1 saturated heterocycles. The third kappa shape index (κ3) is 2.66. The predicted molar refractivity (Wildman–Crippen MR) is 68.3 cm³/mol. The van der Waals surface area contributed by atoms with E-state index < -0.39 is 0 Å². The van der Waals surface area contributed by atoms with Gasteiger partial charge < -0.3 is 9.84 Å². The number of aromatic nitrogens is 2. The number of nitrogens with zero attached hydrogens (tertiary/aromatic N) is 2. The van der Waals surface area contributed by atoms with Crippen LogP contribution in [-0.4, -0.2) is 23.2 Å². The molecule has 2 heterocycles. The number of rotatable bonds is 4. The molecule has 4 nitrogen and oxygen atoms in total. The molecular formula is C14H16FN3O. The molecule has 1 fully saturated rings. The Labute approximate surface area is 111 Å². The van der Waals surface area contributed by atoms with E-state index in [1.54, 1.807) is 12.1 Å². The molecule has 0 amide bonds. The first kappa shape index (κ1) is 12.3. The predicted octanol–water partition coefficient (Wildman–Crippen LogP) is 2.12. The number of hydrogen-bond donors (Lipinski definition) is 1. The standard InChI is InChI=1S/C14H16FN3O/c1-9(11-7-16-8-11)14-17-13(18-19-14)6-10-2-4-12(15)5-3-10/h2-5,9,11,16H,6-8H2,1H3. The van der Waals surface area contributed by atoms with E-state index in [0.29, 0.717) is 24.1 Å². The zero-order valence-corrected chi connectivity index (χ0v) is 10.8. The fourth-order valence-electron chi connectivity index (χ4n) is 2.18. The Bertz CT molecular complexity index is 548. The molecule has 1 aliphatic heterocycles. The summed E-state index contributed by atoms with van der Waals surface area (Å²) in [5.41, 5.74) is 0.978. The zero-order valence-electron chi connectivity index (χ0n) is 10.8. The monoisotopic (exact) mass is 261 g/mol. The summed E-state index contributed by atoms with van der Waals surface area (Å²) in [6.45, 7) is 4.13. The molecule has 0 radical (unpaired) electrons. The quantitative estimate of drug-likeness (QED) is 0.916. The third-order valence-electron chi connectivity index (χ3n) is 3.67. The lowest BCUT2D eigenvalue weighted by atomic mass is 9.89. The van der Waals surface area contributed by atoms with Crippen molar-refractivity contribution in [2.75, 3.05) is 13.1 Å². The van der Waals surface area contributed by atoms with Crippen molar-refractivity contribution >= 4 is 0 Å². The zero-order chi connectivity index (χ0) is 13.2. The van der Waals surface area contributed by atoms with Crippen LogP contribution in [0.4, 0.5) is 4.39 Å². The molecule has 1 unspecified atom stereocenters. The summed E-state index contributed by atoms with van der Waals surface area (Å²) in [7, 11) is 0. The number of halogens is 1. The van der Waals surface area contributed by atoms with Crippen LogP contribution in [0.25, 0.3) is 0 Å². The van der Waals surface area contributed by atoms with Gasteiger partial charge >= 0.3 is 0 Å². The van der Waals surface area contributed by atoms with Crippen molar-refractivity contribution in [1.29, 1.82) is 0 Å². The van der Waals surface area contributed by atoms with Crippen LogP contribution in [0, 0.1) is 11.7 Å². The minimum absolute atomic E-state index is 0.233. The summed E-state index contributed by atoms with van der Waals surface area (Å²) >= 11 is 0. The third-order valence-corrected chi connectivity index (χ3v) is 3.67. The molecule has 2 aromatic rings. The molecule has 5 heteroatoms. The van der Waals surface area contributed by atoms with Crippen LogP contribution < -0.4 is 5.32 Å². The van der Waals surface area contributed by atoms with Crippen LogP contribution in [0.3, 0.4) is 0 Å². The number of nitrogens with one attached hydrogen (secondary N) is 1. The minimum atomic E-state index is -0.233. The first-order chi connectivity index (χ1) is 9.22. The van der Waals surface area contributed by atoms with Crippen LogP contribution in [-0.2, 0) is 6.42 Å². The lowest BCUT2D eigenvalue weighted by Gasteiger charge is -2.30. The van der Waals surface area contributed by atoms with Gasteiger partial charge in [0.2, 0.25) is 5.89 Å². The van der Waals surface area contributed by atoms with Gasteiger partial charge in [-0.1, -0.05) is 24.2 Å². The van der Waals surface area contributed by atoms with Gasteiger partial charge in [0.15, 0.2) is 5.82 Å². The Morgan fingerprint density at radius 3 is 2.74 bits per heavy atom. The summed E-state index contributed by atoms with van der Waals surface area (Å²) in [6, 6.07) is 6.37. The Balaban J connectivity index is 1.68. The van der Waals surface area contributed by atoms with E-state index >= 15 is 0 Å². The normalized spacial score (nSPS) is 17.2. The highest BCUT2D eigenvalue weighted by Crippen LogP contribution is 2.25. The van der Waals surface area contributed by atoms with Crippen molar-refractivity contribution in [3.63, 3.8) is 0 Å². The van der Waals surface area contributed by atoms with E-state index in [-0.39, 0.29) is 11.7 Å². The molecule has 19 heavy (non-hydrogen) atoms. The molecule has 1 N–H and O–H groups in total. The Morgan fingerprint density at radius 2 is 2.11 bits per heavy atom. The van der Waals surface area contributed by atoms with E-state index in [2.05, 4.69) is 22.4 Å². The molecule has 3 rings (SSSR count). The highest BCUT2D eigenvalue weighted by atomic mass is 19.1. The second kappa shape index (κ2) is 5.09. The highest BCUT2D eigenvalue weighted by Gasteiger charge is 2.28. The van der Waals surface area contributed by atoms with E-state index in [0.717, 1.165) is 18.7 Å². The number of benzene rings is 1. The Hall–Kier alpha value is -1.75. The molecule has 1 aliphatic rings. The van der Waals surface area contributed by atoms with E-state index in [1.165, 1.54) is 12.1 Å². The molecule has 100 valence electrons. The minimum Gasteiger partial charge on any atom is -0.339 e. The second-order valence-corrected chi connectivity index (χ2v) is 5.06. The summed E-state index contributed by atoms with van der Waals surface area (Å²) in [6.07, 6.45) is 0.569. The average molecular weight is 261 g/mol. The number of hydrogen-bond acceptors (Lipinski definition) is 4. The van der Waals surface area contributed by atoms with Gasteiger partial charge in [-0.05, 0) is 36.7 Å². The van der Waals surface area contributed by atoms with Gasteiger partial charge in [0.25, 0.3) is 0 Å². The topological polar surface area (TPSA) is 51.0 Å². The van der Waals surface area contributed by atoms with Crippen molar-refractivity contribution in [2.45, 2.75) is 19.3 Å². The summed E-state index contributed by atoms with van der Waals surface area (Å²) in [5, 5.41) is 7.23. The van der Waals surface area contributed by atoms with Crippen LogP contribution >= 0.6 is 0 Å². The maximum atomic E-state index is 12.8. The van der Waals surface area contributed by atoms with Crippen molar-refractivity contribution in [2.24, 2.45) is 5.92 Å². The average Bonchev–Trinajstić information content (AvgIpc) is 2.78. The maximum absolute atomic E-state index is 12.8. The van der Waals surface area contributed by atoms with Gasteiger partial charge in [0.05, 0.1) is 0 Å². The van der Waals surface area contributed by atoms with Gasteiger partial charge in [-0.15, -0.1) is 0 Å². The van der Waals surface area contributed by atoms with Crippen LogP contribution in [0.5, 0.6) is 0 Å². The van der Waals surface area contributed by atoms with Crippen molar-refractivity contribution in [3.8, 4) is 0 Å². The SMILES string of the molecule is CC(c1nc(Cc2ccc(F)cc2)no1)C1CNC1. The van der Waals surface area contributed by atoms with Crippen molar-refractivity contribution in [1.82, 2.24) is 15.5 Å². The first-order valence-corrected chi connectivity index (χ1v) is 6.50. The van der Waals surface area contributed by atoms with Crippen LogP contribution in [0.2, 0.25) is 0 Å². The summed E-state index contributed by atoms with van der Waals surface area (Å²) in [4.78, 5) is 4.43. The Morgan fingerprint density at radius 1 is 1.37 bits per heavy atom. The highest BCUT2D eigenvalue weighted by molar-refractivity contribution is 5.19. The van der Waals surface area contributed by atoms with Crippen LogP contribution in [0.1, 0.15) is 30.1 Å². The first-order valence-electron chi connectivity index (χ1n) is 6.50. The molecular weight excluding hydrogens is 245 g/mol. The lowest BCUT2D eigenvalue weighted by Crippen LogP contribution is -2.44. The molecule has 0 spiro atoms. The molecule has 0 bridgehead atoms. The largest absolute Gasteiger partial charge is 0.339 e. The Kier molecular flexibility index (Phi) is 3.29. The molecule has 1 aromatic carbocycles. The van der Waals surface area contributed by atoms with E-state index in [4.69, 9.17) is 4.52 Å². The summed E-state index contributed by atoms with van der Waals surface area (Å²) in [5.74, 6) is 1.99. The molecule has 0 saturated carbocycles. The van der Waals surface area contributed by atoms with Gasteiger partial charge in [-0.2, -0.15) is 4.98 Å². The van der Waals surface area contributed by atoms with Gasteiger partial charge in [-0.3, -0.25) is 0 Å².